The van der Waals surface area contributed by atoms with Gasteiger partial charge in [-0.2, -0.15) is 5.10 Å². The number of carbonyl (C=O) groups excluding carboxylic acids is 1. The number of aromatic amines is 1. The fourth-order valence-corrected chi connectivity index (χ4v) is 3.87. The van der Waals surface area contributed by atoms with Crippen molar-refractivity contribution in [3.63, 3.8) is 0 Å². The van der Waals surface area contributed by atoms with E-state index in [1.165, 1.54) is 36.6 Å². The van der Waals surface area contributed by atoms with Crippen molar-refractivity contribution in [1.29, 1.82) is 0 Å². The van der Waals surface area contributed by atoms with Crippen LogP contribution in [0.4, 0.5) is 5.69 Å². The third kappa shape index (κ3) is 4.94. The first-order valence-corrected chi connectivity index (χ1v) is 9.62. The second-order valence-electron chi connectivity index (χ2n) is 7.86. The Kier molecular flexibility index (Phi) is 6.09. The van der Waals surface area contributed by atoms with Crippen molar-refractivity contribution in [3.05, 3.63) is 47.3 Å². The van der Waals surface area contributed by atoms with E-state index in [4.69, 9.17) is 0 Å². The molecule has 5 heteroatoms. The van der Waals surface area contributed by atoms with Crippen LogP contribution in [0.3, 0.4) is 0 Å². The van der Waals surface area contributed by atoms with Crippen LogP contribution < -0.4 is 5.32 Å². The lowest BCUT2D eigenvalue weighted by Gasteiger charge is -2.33. The highest BCUT2D eigenvalue weighted by atomic mass is 16.1. The SMILES string of the molecule is CC(=O)Nc1ccc(CN2CCC[C@@H](c3[nH]ncc3CC(C)C)C2)cc1. The number of aromatic nitrogens is 2. The minimum Gasteiger partial charge on any atom is -0.326 e. The number of nitrogens with zero attached hydrogens (tertiary/aromatic N) is 2. The average molecular weight is 354 g/mol. The van der Waals surface area contributed by atoms with E-state index >= 15 is 0 Å². The molecule has 1 saturated heterocycles. The van der Waals surface area contributed by atoms with Gasteiger partial charge in [0, 0.05) is 37.3 Å². The van der Waals surface area contributed by atoms with Crippen LogP contribution in [0.5, 0.6) is 0 Å². The minimum atomic E-state index is -0.0339. The first-order valence-electron chi connectivity index (χ1n) is 9.62. The Hall–Kier alpha value is -2.14. The van der Waals surface area contributed by atoms with Crippen molar-refractivity contribution in [2.75, 3.05) is 18.4 Å². The van der Waals surface area contributed by atoms with Crippen LogP contribution in [-0.2, 0) is 17.8 Å². The number of anilines is 1. The molecule has 0 spiro atoms. The van der Waals surface area contributed by atoms with E-state index in [2.05, 4.69) is 46.4 Å². The van der Waals surface area contributed by atoms with Crippen LogP contribution in [0.15, 0.2) is 30.5 Å². The molecule has 1 aromatic heterocycles. The topological polar surface area (TPSA) is 61.0 Å². The second kappa shape index (κ2) is 8.49. The average Bonchev–Trinajstić information content (AvgIpc) is 3.04. The molecule has 2 aromatic rings. The van der Waals surface area contributed by atoms with Crippen molar-refractivity contribution >= 4 is 11.6 Å². The molecule has 0 aliphatic carbocycles. The molecule has 1 aliphatic heterocycles. The molecule has 2 N–H and O–H groups in total. The number of hydrogen-bond acceptors (Lipinski definition) is 3. The van der Waals surface area contributed by atoms with Crippen LogP contribution in [0, 0.1) is 5.92 Å². The standard InChI is InChI=1S/C21H30N4O/c1-15(2)11-19-12-22-24-21(19)18-5-4-10-25(14-18)13-17-6-8-20(9-7-17)23-16(3)26/h6-9,12,15,18H,4-5,10-11,13-14H2,1-3H3,(H,22,24)(H,23,26)/t18-/m1/s1. The zero-order valence-corrected chi connectivity index (χ0v) is 16.1. The number of hydrogen-bond donors (Lipinski definition) is 2. The van der Waals surface area contributed by atoms with Gasteiger partial charge < -0.3 is 5.32 Å². The zero-order chi connectivity index (χ0) is 18.5. The van der Waals surface area contributed by atoms with E-state index in [1.54, 1.807) is 0 Å². The lowest BCUT2D eigenvalue weighted by molar-refractivity contribution is -0.114. The Morgan fingerprint density at radius 3 is 2.81 bits per heavy atom. The lowest BCUT2D eigenvalue weighted by Crippen LogP contribution is -2.34. The van der Waals surface area contributed by atoms with Gasteiger partial charge in [-0.3, -0.25) is 14.8 Å². The fraction of sp³-hybridized carbons (Fsp3) is 0.524. The van der Waals surface area contributed by atoms with Gasteiger partial charge in [0.1, 0.15) is 0 Å². The lowest BCUT2D eigenvalue weighted by atomic mass is 9.90. The molecule has 1 fully saturated rings. The number of nitrogens with one attached hydrogen (secondary N) is 2. The van der Waals surface area contributed by atoms with Crippen molar-refractivity contribution < 1.29 is 4.79 Å². The van der Waals surface area contributed by atoms with Gasteiger partial charge in [-0.25, -0.2) is 0 Å². The summed E-state index contributed by atoms with van der Waals surface area (Å²) >= 11 is 0. The fourth-order valence-electron chi connectivity index (χ4n) is 3.87. The maximum atomic E-state index is 11.1. The van der Waals surface area contributed by atoms with Gasteiger partial charge in [0.15, 0.2) is 0 Å². The molecule has 2 heterocycles. The molecule has 26 heavy (non-hydrogen) atoms. The minimum absolute atomic E-state index is 0.0339. The quantitative estimate of drug-likeness (QED) is 0.826. The van der Waals surface area contributed by atoms with Gasteiger partial charge in [0.25, 0.3) is 0 Å². The Morgan fingerprint density at radius 1 is 1.35 bits per heavy atom. The summed E-state index contributed by atoms with van der Waals surface area (Å²) in [7, 11) is 0. The number of carbonyl (C=O) groups is 1. The molecule has 1 atom stereocenters. The largest absolute Gasteiger partial charge is 0.326 e. The maximum Gasteiger partial charge on any atom is 0.221 e. The molecule has 0 saturated carbocycles. The Bertz CT molecular complexity index is 720. The maximum absolute atomic E-state index is 11.1. The third-order valence-corrected chi connectivity index (χ3v) is 4.97. The molecular weight excluding hydrogens is 324 g/mol. The molecule has 1 aromatic carbocycles. The molecule has 140 valence electrons. The predicted octanol–water partition coefficient (Wildman–Crippen LogP) is 3.95. The Morgan fingerprint density at radius 2 is 2.12 bits per heavy atom. The van der Waals surface area contributed by atoms with Gasteiger partial charge in [-0.1, -0.05) is 26.0 Å². The third-order valence-electron chi connectivity index (χ3n) is 4.97. The predicted molar refractivity (Wildman–Crippen MR) is 105 cm³/mol. The van der Waals surface area contributed by atoms with Gasteiger partial charge in [-0.05, 0) is 55.0 Å². The van der Waals surface area contributed by atoms with Crippen molar-refractivity contribution in [1.82, 2.24) is 15.1 Å². The van der Waals surface area contributed by atoms with Crippen LogP contribution in [0.2, 0.25) is 0 Å². The summed E-state index contributed by atoms with van der Waals surface area (Å²) in [5, 5.41) is 10.4. The van der Waals surface area contributed by atoms with Crippen LogP contribution in [0.1, 0.15) is 56.4 Å². The smallest absolute Gasteiger partial charge is 0.221 e. The summed E-state index contributed by atoms with van der Waals surface area (Å²) in [5.74, 6) is 1.15. The molecule has 0 unspecified atom stereocenters. The highest BCUT2D eigenvalue weighted by Gasteiger charge is 2.24. The number of likely N-dealkylation sites (tertiary alicyclic amines) is 1. The summed E-state index contributed by atoms with van der Waals surface area (Å²) in [6.45, 7) is 9.21. The van der Waals surface area contributed by atoms with Crippen molar-refractivity contribution in [2.24, 2.45) is 5.92 Å². The normalized spacial score (nSPS) is 18.2. The molecule has 1 amide bonds. The monoisotopic (exact) mass is 354 g/mol. The number of benzene rings is 1. The van der Waals surface area contributed by atoms with Gasteiger partial charge >= 0.3 is 0 Å². The number of amides is 1. The van der Waals surface area contributed by atoms with Crippen LogP contribution >= 0.6 is 0 Å². The number of piperidine rings is 1. The van der Waals surface area contributed by atoms with E-state index < -0.39 is 0 Å². The number of rotatable bonds is 6. The van der Waals surface area contributed by atoms with Gasteiger partial charge in [0.05, 0.1) is 6.20 Å². The summed E-state index contributed by atoms with van der Waals surface area (Å²) in [5.41, 5.74) is 4.86. The van der Waals surface area contributed by atoms with E-state index in [1.807, 2.05) is 18.3 Å². The highest BCUT2D eigenvalue weighted by molar-refractivity contribution is 5.88. The van der Waals surface area contributed by atoms with E-state index in [0.717, 1.165) is 31.7 Å². The molecular formula is C21H30N4O. The Balaban J connectivity index is 1.62. The van der Waals surface area contributed by atoms with Gasteiger partial charge in [0.2, 0.25) is 5.91 Å². The molecule has 5 nitrogen and oxygen atoms in total. The van der Waals surface area contributed by atoms with E-state index in [-0.39, 0.29) is 5.91 Å². The second-order valence-corrected chi connectivity index (χ2v) is 7.86. The summed E-state index contributed by atoms with van der Waals surface area (Å²) in [6.07, 6.45) is 5.54. The van der Waals surface area contributed by atoms with E-state index in [9.17, 15) is 4.79 Å². The number of H-pyrrole nitrogens is 1. The van der Waals surface area contributed by atoms with Crippen LogP contribution in [0.25, 0.3) is 0 Å². The zero-order valence-electron chi connectivity index (χ0n) is 16.1. The molecule has 0 radical (unpaired) electrons. The summed E-state index contributed by atoms with van der Waals surface area (Å²) < 4.78 is 0. The molecule has 0 bridgehead atoms. The first-order chi connectivity index (χ1) is 12.5. The van der Waals surface area contributed by atoms with Crippen molar-refractivity contribution in [2.45, 2.75) is 52.5 Å². The molecule has 3 rings (SSSR count). The van der Waals surface area contributed by atoms with E-state index in [0.29, 0.717) is 11.8 Å². The van der Waals surface area contributed by atoms with Crippen molar-refractivity contribution in [3.8, 4) is 0 Å². The summed E-state index contributed by atoms with van der Waals surface area (Å²) in [6, 6.07) is 8.17. The Labute approximate surface area is 156 Å². The van der Waals surface area contributed by atoms with Gasteiger partial charge in [-0.15, -0.1) is 0 Å². The van der Waals surface area contributed by atoms with Crippen LogP contribution in [-0.4, -0.2) is 34.1 Å². The first kappa shape index (κ1) is 18.6. The summed E-state index contributed by atoms with van der Waals surface area (Å²) in [4.78, 5) is 13.7. The molecule has 1 aliphatic rings. The highest BCUT2D eigenvalue weighted by Crippen LogP contribution is 2.29.